The second-order valence-corrected chi connectivity index (χ2v) is 11.7. The Bertz CT molecular complexity index is 1680. The smallest absolute Gasteiger partial charge is 0.321 e. The quantitative estimate of drug-likeness (QED) is 0.328. The number of fused-ring (bicyclic) bond motifs is 2. The number of rotatable bonds is 4. The van der Waals surface area contributed by atoms with Crippen LogP contribution in [-0.4, -0.2) is 57.9 Å². The highest BCUT2D eigenvalue weighted by Gasteiger charge is 2.42. The number of likely N-dealkylation sites (tertiary alicyclic amines) is 1. The van der Waals surface area contributed by atoms with Gasteiger partial charge in [-0.2, -0.15) is 0 Å². The molecule has 4 heterocycles. The minimum atomic E-state index is -0.426. The Labute approximate surface area is 257 Å². The minimum absolute atomic E-state index is 0.0640. The van der Waals surface area contributed by atoms with Gasteiger partial charge in [0.05, 0.1) is 30.3 Å². The zero-order valence-electron chi connectivity index (χ0n) is 24.7. The van der Waals surface area contributed by atoms with E-state index in [-0.39, 0.29) is 23.9 Å². The van der Waals surface area contributed by atoms with E-state index in [1.54, 1.807) is 24.2 Å². The average molecular weight is 586 g/mol. The fraction of sp³-hybridized carbons (Fsp3) is 0.257. The second kappa shape index (κ2) is 11.5. The summed E-state index contributed by atoms with van der Waals surface area (Å²) in [6.45, 7) is 4.06. The predicted molar refractivity (Wildman–Crippen MR) is 171 cm³/mol. The molecule has 7 rings (SSSR count). The van der Waals surface area contributed by atoms with Gasteiger partial charge in [0.15, 0.2) is 5.82 Å². The fourth-order valence-electron chi connectivity index (χ4n) is 6.69. The molecule has 44 heavy (non-hydrogen) atoms. The Kier molecular flexibility index (Phi) is 7.21. The van der Waals surface area contributed by atoms with Crippen LogP contribution in [-0.2, 0) is 10.2 Å². The third-order valence-electron chi connectivity index (χ3n) is 9.06. The van der Waals surface area contributed by atoms with Crippen LogP contribution in [0, 0.1) is 0 Å². The van der Waals surface area contributed by atoms with E-state index in [4.69, 9.17) is 0 Å². The van der Waals surface area contributed by atoms with Crippen molar-refractivity contribution in [3.8, 4) is 11.4 Å². The lowest BCUT2D eigenvalue weighted by atomic mass is 9.74. The van der Waals surface area contributed by atoms with Crippen LogP contribution in [0.15, 0.2) is 109 Å². The summed E-state index contributed by atoms with van der Waals surface area (Å²) in [5.41, 5.74) is 5.84. The molecule has 4 aromatic rings. The zero-order valence-corrected chi connectivity index (χ0v) is 24.7. The molecule has 0 aliphatic carbocycles. The van der Waals surface area contributed by atoms with Crippen LogP contribution >= 0.6 is 0 Å². The third-order valence-corrected chi connectivity index (χ3v) is 9.06. The van der Waals surface area contributed by atoms with E-state index in [2.05, 4.69) is 44.9 Å². The van der Waals surface area contributed by atoms with Crippen LogP contribution in [0.1, 0.15) is 37.1 Å². The molecular weight excluding hydrogens is 550 g/mol. The lowest BCUT2D eigenvalue weighted by molar-refractivity contribution is -0.131. The van der Waals surface area contributed by atoms with Gasteiger partial charge >= 0.3 is 6.03 Å². The highest BCUT2D eigenvalue weighted by molar-refractivity contribution is 5.79. The molecule has 1 spiro atoms. The number of nitrogens with zero attached hydrogens (tertiary/aromatic N) is 5. The Hall–Kier alpha value is -5.18. The van der Waals surface area contributed by atoms with Gasteiger partial charge in [0.25, 0.3) is 0 Å². The van der Waals surface area contributed by atoms with Gasteiger partial charge in [0.1, 0.15) is 6.17 Å². The van der Waals surface area contributed by atoms with E-state index < -0.39 is 6.17 Å². The monoisotopic (exact) mass is 585 g/mol. The molecule has 1 atom stereocenters. The summed E-state index contributed by atoms with van der Waals surface area (Å²) in [4.78, 5) is 41.6. The SMILES string of the molecule is CC(=O)N1CC(NC(=O)N2CCC3(CC2)CNc2ccccc23)=CN(c2cnc(-c3ccccc3)nc2)C1c1ccccc1. The molecule has 2 N–H and O–H groups in total. The van der Waals surface area contributed by atoms with Gasteiger partial charge in [-0.05, 0) is 30.0 Å². The molecule has 3 aliphatic rings. The molecule has 3 aromatic carbocycles. The van der Waals surface area contributed by atoms with E-state index >= 15 is 0 Å². The number of carbonyl (C=O) groups is 2. The van der Waals surface area contributed by atoms with E-state index in [0.29, 0.717) is 30.3 Å². The number of amides is 3. The molecule has 0 bridgehead atoms. The molecule has 3 amide bonds. The number of piperidine rings is 1. The van der Waals surface area contributed by atoms with Crippen LogP contribution < -0.4 is 15.5 Å². The second-order valence-electron chi connectivity index (χ2n) is 11.7. The van der Waals surface area contributed by atoms with Gasteiger partial charge in [-0.25, -0.2) is 14.8 Å². The maximum absolute atomic E-state index is 13.6. The van der Waals surface area contributed by atoms with Crippen molar-refractivity contribution in [2.45, 2.75) is 31.3 Å². The molecule has 1 fully saturated rings. The number of urea groups is 1. The lowest BCUT2D eigenvalue weighted by Gasteiger charge is -2.44. The van der Waals surface area contributed by atoms with Crippen molar-refractivity contribution in [2.75, 3.05) is 36.4 Å². The first-order chi connectivity index (χ1) is 21.5. The van der Waals surface area contributed by atoms with Crippen LogP contribution in [0.5, 0.6) is 0 Å². The van der Waals surface area contributed by atoms with Crippen molar-refractivity contribution in [3.63, 3.8) is 0 Å². The zero-order chi connectivity index (χ0) is 30.1. The number of carbonyl (C=O) groups excluding carboxylic acids is 2. The fourth-order valence-corrected chi connectivity index (χ4v) is 6.69. The maximum Gasteiger partial charge on any atom is 0.321 e. The van der Waals surface area contributed by atoms with Crippen LogP contribution in [0.4, 0.5) is 16.2 Å². The summed E-state index contributed by atoms with van der Waals surface area (Å²) in [5, 5.41) is 6.69. The summed E-state index contributed by atoms with van der Waals surface area (Å²) >= 11 is 0. The van der Waals surface area contributed by atoms with Crippen molar-refractivity contribution in [2.24, 2.45) is 0 Å². The first-order valence-electron chi connectivity index (χ1n) is 15.1. The number of anilines is 2. The topological polar surface area (TPSA) is 93.7 Å². The molecular formula is C35H35N7O2. The van der Waals surface area contributed by atoms with Gasteiger partial charge in [-0.3, -0.25) is 4.79 Å². The average Bonchev–Trinajstić information content (AvgIpc) is 3.43. The highest BCUT2D eigenvalue weighted by atomic mass is 16.2. The summed E-state index contributed by atoms with van der Waals surface area (Å²) in [5.74, 6) is 0.518. The predicted octanol–water partition coefficient (Wildman–Crippen LogP) is 5.52. The number of hydrogen-bond donors (Lipinski definition) is 2. The largest absolute Gasteiger partial charge is 0.384 e. The lowest BCUT2D eigenvalue weighted by Crippen LogP contribution is -2.52. The molecule has 1 aromatic heterocycles. The molecule has 1 unspecified atom stereocenters. The normalized spacial score (nSPS) is 18.8. The summed E-state index contributed by atoms with van der Waals surface area (Å²) in [6, 6.07) is 28.0. The number of hydrogen-bond acceptors (Lipinski definition) is 6. The third kappa shape index (κ3) is 5.15. The van der Waals surface area contributed by atoms with Crippen molar-refractivity contribution < 1.29 is 9.59 Å². The van der Waals surface area contributed by atoms with Crippen molar-refractivity contribution >= 4 is 23.3 Å². The van der Waals surface area contributed by atoms with Crippen molar-refractivity contribution in [1.29, 1.82) is 0 Å². The van der Waals surface area contributed by atoms with Gasteiger partial charge in [-0.1, -0.05) is 78.9 Å². The highest BCUT2D eigenvalue weighted by Crippen LogP contribution is 2.44. The Morgan fingerprint density at radius 3 is 2.25 bits per heavy atom. The van der Waals surface area contributed by atoms with Crippen LogP contribution in [0.25, 0.3) is 11.4 Å². The maximum atomic E-state index is 13.6. The molecule has 3 aliphatic heterocycles. The van der Waals surface area contributed by atoms with E-state index in [1.807, 2.05) is 76.7 Å². The molecule has 1 saturated heterocycles. The number of aromatic nitrogens is 2. The Morgan fingerprint density at radius 1 is 0.886 bits per heavy atom. The molecule has 0 radical (unpaired) electrons. The molecule has 9 nitrogen and oxygen atoms in total. The summed E-state index contributed by atoms with van der Waals surface area (Å²) in [7, 11) is 0. The van der Waals surface area contributed by atoms with Gasteiger partial charge in [0, 0.05) is 49.4 Å². The first kappa shape index (κ1) is 27.6. The summed E-state index contributed by atoms with van der Waals surface area (Å²) < 4.78 is 0. The molecule has 222 valence electrons. The summed E-state index contributed by atoms with van der Waals surface area (Å²) in [6.07, 6.45) is 6.82. The van der Waals surface area contributed by atoms with Crippen molar-refractivity contribution in [3.05, 3.63) is 120 Å². The molecule has 9 heteroatoms. The van der Waals surface area contributed by atoms with Crippen LogP contribution in [0.2, 0.25) is 0 Å². The van der Waals surface area contributed by atoms with Crippen LogP contribution in [0.3, 0.4) is 0 Å². The van der Waals surface area contributed by atoms with Gasteiger partial charge < -0.3 is 25.3 Å². The number of para-hydroxylation sites is 1. The Balaban J connectivity index is 1.15. The number of nitrogens with one attached hydrogen (secondary N) is 2. The standard InChI is InChI=1S/C35H35N7O2/c1-25(43)41-22-28(39-34(44)40-18-16-35(17-19-40)24-38-31-15-9-8-14-30(31)35)23-42(33(41)27-12-6-3-7-13-27)29-20-36-32(37-21-29)26-10-4-2-5-11-26/h2-15,20-21,23,33,38H,16-19,22,24H2,1H3,(H,39,44). The minimum Gasteiger partial charge on any atom is -0.384 e. The van der Waals surface area contributed by atoms with E-state index in [1.165, 1.54) is 11.3 Å². The Morgan fingerprint density at radius 2 is 1.55 bits per heavy atom. The van der Waals surface area contributed by atoms with E-state index in [0.717, 1.165) is 30.5 Å². The van der Waals surface area contributed by atoms with Gasteiger partial charge in [-0.15, -0.1) is 0 Å². The van der Waals surface area contributed by atoms with Crippen molar-refractivity contribution in [1.82, 2.24) is 25.1 Å². The number of benzene rings is 3. The first-order valence-corrected chi connectivity index (χ1v) is 15.1. The van der Waals surface area contributed by atoms with Gasteiger partial charge in [0.2, 0.25) is 5.91 Å². The van der Waals surface area contributed by atoms with E-state index in [9.17, 15) is 9.59 Å². The molecule has 0 saturated carbocycles.